The molecule has 1 atom stereocenters. The fraction of sp³-hybridized carbons (Fsp3) is 0.829. The monoisotopic (exact) mass is 666 g/mol. The van der Waals surface area contributed by atoms with Gasteiger partial charge in [-0.25, -0.2) is 9.59 Å². The Morgan fingerprint density at radius 2 is 1.39 bits per heavy atom. The smallest absolute Gasteiger partial charge is 0.331 e. The molecule has 1 aliphatic heterocycles. The zero-order valence-corrected chi connectivity index (χ0v) is 30.0. The Bertz CT molecular complexity index is 961. The van der Waals surface area contributed by atoms with Crippen LogP contribution in [0.4, 0.5) is 5.82 Å². The molecule has 10 nitrogen and oxygen atoms in total. The standard InChI is InChI=1S/C35H62N4O6S/c1-5-6-7-8-9-10-11-12-13-14-15-16-17-18-19-20-25-43-31(40)21-22-32(41)45-30(28-36-35(2,3)4)29-44-34-33(37-46-38-34)39-23-26-42-27-24-39/h21-22,30,36H,5-20,23-29H2,1-4H3/b22-21-/t30-/m0/s1. The first kappa shape index (κ1) is 39.9. The number of hydrogen-bond acceptors (Lipinski definition) is 11. The van der Waals surface area contributed by atoms with E-state index >= 15 is 0 Å². The number of nitrogens with one attached hydrogen (secondary N) is 1. The summed E-state index contributed by atoms with van der Waals surface area (Å²) in [6, 6.07) is 0. The summed E-state index contributed by atoms with van der Waals surface area (Å²) in [7, 11) is 0. The highest BCUT2D eigenvalue weighted by molar-refractivity contribution is 6.99. The first-order valence-corrected chi connectivity index (χ1v) is 18.6. The van der Waals surface area contributed by atoms with Gasteiger partial charge in [0.2, 0.25) is 5.82 Å². The lowest BCUT2D eigenvalue weighted by molar-refractivity contribution is -0.145. The van der Waals surface area contributed by atoms with Gasteiger partial charge < -0.3 is 29.2 Å². The fourth-order valence-corrected chi connectivity index (χ4v) is 5.69. The van der Waals surface area contributed by atoms with Gasteiger partial charge in [0.1, 0.15) is 12.7 Å². The van der Waals surface area contributed by atoms with Gasteiger partial charge in [-0.05, 0) is 27.2 Å². The van der Waals surface area contributed by atoms with E-state index in [1.54, 1.807) is 0 Å². The number of anilines is 1. The van der Waals surface area contributed by atoms with Gasteiger partial charge in [-0.3, -0.25) is 0 Å². The van der Waals surface area contributed by atoms with Gasteiger partial charge >= 0.3 is 11.9 Å². The minimum Gasteiger partial charge on any atom is -0.470 e. The second-order valence-corrected chi connectivity index (χ2v) is 13.8. The molecule has 46 heavy (non-hydrogen) atoms. The molecule has 0 aromatic carbocycles. The molecule has 2 rings (SSSR count). The van der Waals surface area contributed by atoms with Gasteiger partial charge in [0.25, 0.3) is 5.88 Å². The molecule has 1 aliphatic rings. The summed E-state index contributed by atoms with van der Waals surface area (Å²) in [5, 5.41) is 3.34. The van der Waals surface area contributed by atoms with E-state index in [2.05, 4.69) is 25.9 Å². The maximum absolute atomic E-state index is 12.5. The minimum atomic E-state index is -0.631. The molecule has 11 heteroatoms. The van der Waals surface area contributed by atoms with Crippen molar-refractivity contribution in [3.05, 3.63) is 12.2 Å². The second-order valence-electron chi connectivity index (χ2n) is 13.3. The van der Waals surface area contributed by atoms with Crippen molar-refractivity contribution in [2.75, 3.05) is 51.0 Å². The number of morpholine rings is 1. The second kappa shape index (κ2) is 24.9. The Hall–Kier alpha value is -2.24. The molecule has 2 heterocycles. The van der Waals surface area contributed by atoms with Crippen LogP contribution in [0.2, 0.25) is 0 Å². The molecule has 0 spiro atoms. The predicted octanol–water partition coefficient (Wildman–Crippen LogP) is 7.41. The van der Waals surface area contributed by atoms with Crippen molar-refractivity contribution in [3.63, 3.8) is 0 Å². The maximum atomic E-state index is 12.5. The van der Waals surface area contributed by atoms with Crippen molar-refractivity contribution in [1.82, 2.24) is 14.1 Å². The summed E-state index contributed by atoms with van der Waals surface area (Å²) in [4.78, 5) is 26.8. The number of aromatic nitrogens is 2. The molecule has 0 aliphatic carbocycles. The van der Waals surface area contributed by atoms with Crippen molar-refractivity contribution in [2.24, 2.45) is 0 Å². The van der Waals surface area contributed by atoms with Gasteiger partial charge in [-0.1, -0.05) is 103 Å². The van der Waals surface area contributed by atoms with E-state index in [1.807, 2.05) is 20.8 Å². The van der Waals surface area contributed by atoms with Crippen molar-refractivity contribution < 1.29 is 28.5 Å². The lowest BCUT2D eigenvalue weighted by atomic mass is 10.0. The molecular formula is C35H62N4O6S. The third-order valence-corrected chi connectivity index (χ3v) is 8.40. The molecule has 1 aromatic heterocycles. The molecule has 0 bridgehead atoms. The van der Waals surface area contributed by atoms with Gasteiger partial charge in [0, 0.05) is 37.3 Å². The number of rotatable bonds is 26. The van der Waals surface area contributed by atoms with Crippen LogP contribution in [-0.2, 0) is 23.8 Å². The van der Waals surface area contributed by atoms with Crippen LogP contribution >= 0.6 is 11.7 Å². The minimum absolute atomic E-state index is 0.0924. The number of nitrogens with zero attached hydrogens (tertiary/aromatic N) is 3. The summed E-state index contributed by atoms with van der Waals surface area (Å²) in [5.74, 6) is -0.0817. The molecule has 264 valence electrons. The van der Waals surface area contributed by atoms with Gasteiger partial charge in [-0.15, -0.1) is 4.37 Å². The quantitative estimate of drug-likeness (QED) is 0.0609. The molecule has 0 amide bonds. The molecule has 1 fully saturated rings. The normalized spacial score (nSPS) is 14.5. The lowest BCUT2D eigenvalue weighted by Gasteiger charge is -2.27. The van der Waals surface area contributed by atoms with Crippen molar-refractivity contribution in [1.29, 1.82) is 0 Å². The van der Waals surface area contributed by atoms with Crippen LogP contribution in [0.3, 0.4) is 0 Å². The molecule has 0 unspecified atom stereocenters. The predicted molar refractivity (Wildman–Crippen MR) is 186 cm³/mol. The van der Waals surface area contributed by atoms with E-state index in [0.717, 1.165) is 43.1 Å². The summed E-state index contributed by atoms with van der Waals surface area (Å²) in [6.45, 7) is 11.9. The lowest BCUT2D eigenvalue weighted by Crippen LogP contribution is -2.44. The Morgan fingerprint density at radius 1 is 0.848 bits per heavy atom. The summed E-state index contributed by atoms with van der Waals surface area (Å²) in [5.41, 5.74) is -0.182. The molecule has 0 saturated carbocycles. The molecule has 0 radical (unpaired) electrons. The van der Waals surface area contributed by atoms with Crippen LogP contribution < -0.4 is 15.0 Å². The van der Waals surface area contributed by atoms with Crippen LogP contribution in [0.15, 0.2) is 12.2 Å². The van der Waals surface area contributed by atoms with Crippen molar-refractivity contribution in [3.8, 4) is 5.88 Å². The molecule has 1 N–H and O–H groups in total. The Morgan fingerprint density at radius 3 is 1.96 bits per heavy atom. The summed E-state index contributed by atoms with van der Waals surface area (Å²) < 4.78 is 30.9. The summed E-state index contributed by atoms with van der Waals surface area (Å²) in [6.07, 6.45) is 22.4. The van der Waals surface area contributed by atoms with Crippen LogP contribution in [0.5, 0.6) is 5.88 Å². The van der Waals surface area contributed by atoms with Crippen LogP contribution in [0.25, 0.3) is 0 Å². The number of ether oxygens (including phenoxy) is 4. The van der Waals surface area contributed by atoms with E-state index in [0.29, 0.717) is 51.2 Å². The first-order valence-electron chi connectivity index (χ1n) is 17.9. The molecular weight excluding hydrogens is 604 g/mol. The average molecular weight is 667 g/mol. The molecule has 1 aromatic rings. The van der Waals surface area contributed by atoms with E-state index in [9.17, 15) is 9.59 Å². The SMILES string of the molecule is CCCCCCCCCCCCCCCCCCOC(=O)/C=C\C(=O)O[C@@H](CNC(C)(C)C)COc1nsnc1N1CCOCC1. The highest BCUT2D eigenvalue weighted by Gasteiger charge is 2.23. The van der Waals surface area contributed by atoms with Gasteiger partial charge in [0.15, 0.2) is 0 Å². The topological polar surface area (TPSA) is 112 Å². The third-order valence-electron chi connectivity index (χ3n) is 7.90. The number of hydrogen-bond donors (Lipinski definition) is 1. The zero-order valence-electron chi connectivity index (χ0n) is 29.2. The highest BCUT2D eigenvalue weighted by Crippen LogP contribution is 2.26. The van der Waals surface area contributed by atoms with Crippen LogP contribution in [0, 0.1) is 0 Å². The van der Waals surface area contributed by atoms with Gasteiger partial charge in [-0.2, -0.15) is 4.37 Å². The Labute approximate surface area is 282 Å². The number of unbranched alkanes of at least 4 members (excludes halogenated alkanes) is 15. The third kappa shape index (κ3) is 20.1. The van der Waals surface area contributed by atoms with E-state index in [-0.39, 0.29) is 12.1 Å². The number of esters is 2. The summed E-state index contributed by atoms with van der Waals surface area (Å²) >= 11 is 1.08. The number of carbonyl (C=O) groups is 2. The van der Waals surface area contributed by atoms with E-state index < -0.39 is 18.0 Å². The maximum Gasteiger partial charge on any atom is 0.331 e. The Kier molecular flexibility index (Phi) is 21.6. The fourth-order valence-electron chi connectivity index (χ4n) is 5.17. The van der Waals surface area contributed by atoms with Crippen molar-refractivity contribution in [2.45, 2.75) is 142 Å². The van der Waals surface area contributed by atoms with E-state index in [1.165, 1.54) is 83.5 Å². The Balaban J connectivity index is 1.56. The average Bonchev–Trinajstić information content (AvgIpc) is 3.51. The van der Waals surface area contributed by atoms with Crippen molar-refractivity contribution >= 4 is 29.5 Å². The van der Waals surface area contributed by atoms with Gasteiger partial charge in [0.05, 0.1) is 31.5 Å². The van der Waals surface area contributed by atoms with E-state index in [4.69, 9.17) is 18.9 Å². The van der Waals surface area contributed by atoms with Crippen LogP contribution in [-0.4, -0.2) is 78.4 Å². The number of carbonyl (C=O) groups excluding carboxylic acids is 2. The first-order chi connectivity index (χ1) is 22.3. The van der Waals surface area contributed by atoms with Crippen LogP contribution in [0.1, 0.15) is 130 Å². The molecule has 1 saturated heterocycles. The highest BCUT2D eigenvalue weighted by atomic mass is 32.1. The zero-order chi connectivity index (χ0) is 33.3. The largest absolute Gasteiger partial charge is 0.470 e.